The minimum absolute atomic E-state index is 0.146. The Bertz CT molecular complexity index is 784. The molecule has 0 radical (unpaired) electrons. The maximum atomic E-state index is 12.6. The highest BCUT2D eigenvalue weighted by atomic mass is 16.5. The summed E-state index contributed by atoms with van der Waals surface area (Å²) in [7, 11) is 0. The third-order valence-electron chi connectivity index (χ3n) is 4.88. The first kappa shape index (κ1) is 18.9. The van der Waals surface area contributed by atoms with Gasteiger partial charge in [0, 0.05) is 30.7 Å². The van der Waals surface area contributed by atoms with Gasteiger partial charge >= 0.3 is 5.97 Å². The average molecular weight is 369 g/mol. The molecule has 6 nitrogen and oxygen atoms in total. The summed E-state index contributed by atoms with van der Waals surface area (Å²) in [4.78, 5) is 23.3. The van der Waals surface area contributed by atoms with E-state index in [1.165, 1.54) is 5.56 Å². The van der Waals surface area contributed by atoms with Crippen molar-refractivity contribution in [2.45, 2.75) is 18.3 Å². The van der Waals surface area contributed by atoms with Crippen LogP contribution in [-0.4, -0.2) is 43.3 Å². The summed E-state index contributed by atoms with van der Waals surface area (Å²) in [6, 6.07) is 16.7. The second-order valence-corrected chi connectivity index (χ2v) is 6.65. The van der Waals surface area contributed by atoms with E-state index in [1.807, 2.05) is 18.2 Å². The van der Waals surface area contributed by atoms with E-state index in [0.29, 0.717) is 31.1 Å². The van der Waals surface area contributed by atoms with Crippen LogP contribution < -0.4 is 10.1 Å². The van der Waals surface area contributed by atoms with E-state index in [-0.39, 0.29) is 11.3 Å². The number of carbonyl (C=O) groups is 2. The number of nitrogens with one attached hydrogen (secondary N) is 1. The predicted molar refractivity (Wildman–Crippen MR) is 100 cm³/mol. The second kappa shape index (κ2) is 8.68. The number of amides is 1. The number of benzene rings is 2. The van der Waals surface area contributed by atoms with Crippen LogP contribution in [0.15, 0.2) is 54.6 Å². The Kier molecular flexibility index (Phi) is 6.08. The molecule has 1 amide bonds. The molecule has 0 bridgehead atoms. The molecule has 1 heterocycles. The van der Waals surface area contributed by atoms with Crippen LogP contribution in [0, 0.1) is 0 Å². The number of hydrogen-bond acceptors (Lipinski definition) is 4. The molecule has 0 atom stereocenters. The van der Waals surface area contributed by atoms with Crippen LogP contribution in [0.25, 0.3) is 0 Å². The first-order valence-electron chi connectivity index (χ1n) is 8.95. The van der Waals surface area contributed by atoms with Gasteiger partial charge in [0.25, 0.3) is 5.91 Å². The molecule has 2 N–H and O–H groups in total. The van der Waals surface area contributed by atoms with Crippen molar-refractivity contribution in [3.05, 3.63) is 65.7 Å². The van der Waals surface area contributed by atoms with Gasteiger partial charge in [0.1, 0.15) is 5.75 Å². The molecule has 27 heavy (non-hydrogen) atoms. The lowest BCUT2D eigenvalue weighted by Gasteiger charge is -2.38. The van der Waals surface area contributed by atoms with Crippen molar-refractivity contribution in [1.29, 1.82) is 0 Å². The Morgan fingerprint density at radius 2 is 1.81 bits per heavy atom. The summed E-state index contributed by atoms with van der Waals surface area (Å²) < 4.78 is 10.7. The van der Waals surface area contributed by atoms with Crippen LogP contribution in [-0.2, 0) is 14.9 Å². The van der Waals surface area contributed by atoms with Crippen LogP contribution in [0.3, 0.4) is 0 Å². The lowest BCUT2D eigenvalue weighted by atomic mass is 9.74. The Morgan fingerprint density at radius 1 is 1.07 bits per heavy atom. The number of rotatable bonds is 7. The highest BCUT2D eigenvalue weighted by Gasteiger charge is 2.34. The minimum atomic E-state index is -1.06. The summed E-state index contributed by atoms with van der Waals surface area (Å²) in [5.74, 6) is -0.916. The lowest BCUT2D eigenvalue weighted by Crippen LogP contribution is -2.44. The Balaban J connectivity index is 1.69. The maximum Gasteiger partial charge on any atom is 0.341 e. The van der Waals surface area contributed by atoms with E-state index in [1.54, 1.807) is 24.3 Å². The number of carboxylic acids is 1. The molecule has 0 aliphatic carbocycles. The Hall–Kier alpha value is -2.86. The normalized spacial score (nSPS) is 15.7. The zero-order valence-electron chi connectivity index (χ0n) is 15.0. The van der Waals surface area contributed by atoms with Gasteiger partial charge in [-0.2, -0.15) is 0 Å². The highest BCUT2D eigenvalue weighted by molar-refractivity contribution is 5.94. The monoisotopic (exact) mass is 369 g/mol. The van der Waals surface area contributed by atoms with Crippen molar-refractivity contribution in [3.8, 4) is 5.75 Å². The fraction of sp³-hybridized carbons (Fsp3) is 0.333. The van der Waals surface area contributed by atoms with E-state index in [4.69, 9.17) is 14.6 Å². The van der Waals surface area contributed by atoms with Crippen molar-refractivity contribution in [3.63, 3.8) is 0 Å². The molecule has 2 aromatic carbocycles. The molecule has 0 unspecified atom stereocenters. The smallest absolute Gasteiger partial charge is 0.341 e. The first-order valence-corrected chi connectivity index (χ1v) is 8.95. The van der Waals surface area contributed by atoms with Gasteiger partial charge in [-0.05, 0) is 36.6 Å². The van der Waals surface area contributed by atoms with Gasteiger partial charge in [0.2, 0.25) is 0 Å². The summed E-state index contributed by atoms with van der Waals surface area (Å²) in [6.45, 7) is 1.41. The highest BCUT2D eigenvalue weighted by Crippen LogP contribution is 2.34. The molecule has 6 heteroatoms. The van der Waals surface area contributed by atoms with Crippen LogP contribution in [0.5, 0.6) is 5.75 Å². The van der Waals surface area contributed by atoms with Crippen LogP contribution in [0.2, 0.25) is 0 Å². The minimum Gasteiger partial charge on any atom is -0.482 e. The van der Waals surface area contributed by atoms with Gasteiger partial charge < -0.3 is 19.9 Å². The molecule has 2 aromatic rings. The number of carbonyl (C=O) groups excluding carboxylic acids is 1. The molecule has 0 saturated carbocycles. The standard InChI is InChI=1S/C21H23NO5/c23-19(24)14-27-18-8-4-5-16(13-18)20(25)22-15-21(9-11-26-12-10-21)17-6-2-1-3-7-17/h1-8,13H,9-12,14-15H2,(H,22,25)(H,23,24). The molecular weight excluding hydrogens is 346 g/mol. The van der Waals surface area contributed by atoms with Crippen molar-refractivity contribution < 1.29 is 24.2 Å². The van der Waals surface area contributed by atoms with E-state index >= 15 is 0 Å². The van der Waals surface area contributed by atoms with Gasteiger partial charge in [0.15, 0.2) is 6.61 Å². The first-order chi connectivity index (χ1) is 13.1. The van der Waals surface area contributed by atoms with Crippen LogP contribution >= 0.6 is 0 Å². The summed E-state index contributed by atoms with van der Waals surface area (Å²) in [5, 5.41) is 11.7. The predicted octanol–water partition coefficient (Wildman–Crippen LogP) is 2.63. The average Bonchev–Trinajstić information content (AvgIpc) is 2.72. The molecule has 0 spiro atoms. The maximum absolute atomic E-state index is 12.6. The summed E-state index contributed by atoms with van der Waals surface area (Å²) >= 11 is 0. The van der Waals surface area contributed by atoms with Crippen molar-refractivity contribution in [2.75, 3.05) is 26.4 Å². The third-order valence-corrected chi connectivity index (χ3v) is 4.88. The van der Waals surface area contributed by atoms with Crippen LogP contribution in [0.4, 0.5) is 0 Å². The topological polar surface area (TPSA) is 84.9 Å². The van der Waals surface area contributed by atoms with E-state index < -0.39 is 12.6 Å². The lowest BCUT2D eigenvalue weighted by molar-refractivity contribution is -0.139. The van der Waals surface area contributed by atoms with Gasteiger partial charge in [-0.1, -0.05) is 36.4 Å². The zero-order valence-corrected chi connectivity index (χ0v) is 15.0. The Labute approximate surface area is 158 Å². The van der Waals surface area contributed by atoms with Crippen molar-refractivity contribution in [1.82, 2.24) is 5.32 Å². The van der Waals surface area contributed by atoms with Gasteiger partial charge in [-0.15, -0.1) is 0 Å². The van der Waals surface area contributed by atoms with Crippen molar-refractivity contribution >= 4 is 11.9 Å². The van der Waals surface area contributed by atoms with E-state index in [0.717, 1.165) is 12.8 Å². The SMILES string of the molecule is O=C(O)COc1cccc(C(=O)NCC2(c3ccccc3)CCOCC2)c1. The molecular formula is C21H23NO5. The molecule has 1 aliphatic rings. The molecule has 3 rings (SSSR count). The summed E-state index contributed by atoms with van der Waals surface area (Å²) in [6.07, 6.45) is 1.69. The van der Waals surface area contributed by atoms with Crippen molar-refractivity contribution in [2.24, 2.45) is 0 Å². The second-order valence-electron chi connectivity index (χ2n) is 6.65. The van der Waals surface area contributed by atoms with Gasteiger partial charge in [-0.25, -0.2) is 4.79 Å². The number of hydrogen-bond donors (Lipinski definition) is 2. The molecule has 142 valence electrons. The van der Waals surface area contributed by atoms with E-state index in [9.17, 15) is 9.59 Å². The fourth-order valence-electron chi connectivity index (χ4n) is 3.35. The largest absolute Gasteiger partial charge is 0.482 e. The quantitative estimate of drug-likeness (QED) is 0.784. The van der Waals surface area contributed by atoms with Crippen LogP contribution in [0.1, 0.15) is 28.8 Å². The van der Waals surface area contributed by atoms with E-state index in [2.05, 4.69) is 17.4 Å². The molecule has 0 aromatic heterocycles. The van der Waals surface area contributed by atoms with Gasteiger partial charge in [0.05, 0.1) is 0 Å². The molecule has 1 fully saturated rings. The fourth-order valence-corrected chi connectivity index (χ4v) is 3.35. The molecule has 1 aliphatic heterocycles. The molecule has 1 saturated heterocycles. The summed E-state index contributed by atoms with van der Waals surface area (Å²) in [5.41, 5.74) is 1.49. The number of ether oxygens (including phenoxy) is 2. The Morgan fingerprint density at radius 3 is 2.52 bits per heavy atom. The zero-order chi connectivity index (χ0) is 19.1. The van der Waals surface area contributed by atoms with Gasteiger partial charge in [-0.3, -0.25) is 4.79 Å². The number of carboxylic acid groups (broad SMARTS) is 1. The third kappa shape index (κ3) is 4.86. The number of aliphatic carboxylic acids is 1.